The van der Waals surface area contributed by atoms with E-state index in [-0.39, 0.29) is 43.0 Å². The lowest BCUT2D eigenvalue weighted by Gasteiger charge is -2.36. The molecule has 2 N–H and O–H groups in total. The Morgan fingerprint density at radius 3 is 2.39 bits per heavy atom. The maximum Gasteiger partial charge on any atom is 0.329 e. The second-order valence-corrected chi connectivity index (χ2v) is 10.1. The molecule has 0 aromatic heterocycles. The number of fused-ring (bicyclic) bond motifs is 1. The number of likely N-dealkylation sites (tertiary alicyclic amines) is 1. The molecule has 8 heteroatoms. The van der Waals surface area contributed by atoms with Crippen LogP contribution < -0.4 is 10.6 Å². The van der Waals surface area contributed by atoms with Crippen LogP contribution in [0, 0.1) is 5.92 Å². The lowest BCUT2D eigenvalue weighted by atomic mass is 9.92. The number of hydrogen-bond donors (Lipinski definition) is 2. The highest BCUT2D eigenvalue weighted by Crippen LogP contribution is 2.35. The van der Waals surface area contributed by atoms with Gasteiger partial charge in [-0.25, -0.2) is 4.79 Å². The minimum atomic E-state index is -0.676. The first-order valence-corrected chi connectivity index (χ1v) is 13.7. The van der Waals surface area contributed by atoms with Crippen LogP contribution in [0.5, 0.6) is 0 Å². The Morgan fingerprint density at radius 1 is 1.03 bits per heavy atom. The molecule has 0 saturated carbocycles. The van der Waals surface area contributed by atoms with E-state index in [9.17, 15) is 14.4 Å². The quantitative estimate of drug-likeness (QED) is 0.439. The highest BCUT2D eigenvalue weighted by molar-refractivity contribution is 5.89. The summed E-state index contributed by atoms with van der Waals surface area (Å²) in [4.78, 5) is 41.6. The molecular weight excluding hydrogens is 482 g/mol. The van der Waals surface area contributed by atoms with Crippen LogP contribution in [-0.2, 0) is 36.9 Å². The first-order chi connectivity index (χ1) is 18.5. The fourth-order valence-electron chi connectivity index (χ4n) is 5.54. The van der Waals surface area contributed by atoms with Crippen molar-refractivity contribution in [2.75, 3.05) is 19.7 Å². The highest BCUT2D eigenvalue weighted by Gasteiger charge is 2.49. The lowest BCUT2D eigenvalue weighted by Crippen LogP contribution is -2.58. The van der Waals surface area contributed by atoms with Crippen molar-refractivity contribution in [3.8, 4) is 0 Å². The molecule has 0 spiro atoms. The molecule has 2 fully saturated rings. The third-order valence-electron chi connectivity index (χ3n) is 7.52. The number of esters is 2. The van der Waals surface area contributed by atoms with E-state index in [1.807, 2.05) is 60.7 Å². The zero-order chi connectivity index (χ0) is 26.9. The smallest absolute Gasteiger partial charge is 0.329 e. The molecule has 1 amide bonds. The van der Waals surface area contributed by atoms with E-state index in [0.29, 0.717) is 25.8 Å². The maximum absolute atomic E-state index is 13.9. The van der Waals surface area contributed by atoms with Crippen LogP contribution in [-0.4, -0.2) is 66.6 Å². The van der Waals surface area contributed by atoms with Crippen LogP contribution >= 0.6 is 0 Å². The number of piperidine rings is 1. The van der Waals surface area contributed by atoms with Gasteiger partial charge in [-0.2, -0.15) is 0 Å². The van der Waals surface area contributed by atoms with E-state index >= 15 is 0 Å². The summed E-state index contributed by atoms with van der Waals surface area (Å²) in [5.41, 5.74) is 2.01. The number of rotatable bonds is 11. The number of ether oxygens (including phenoxy) is 2. The number of amides is 1. The fourth-order valence-corrected chi connectivity index (χ4v) is 5.54. The van der Waals surface area contributed by atoms with Gasteiger partial charge in [-0.05, 0) is 63.1 Å². The first-order valence-electron chi connectivity index (χ1n) is 13.7. The molecule has 5 atom stereocenters. The van der Waals surface area contributed by atoms with Gasteiger partial charge in [0.05, 0.1) is 12.6 Å². The molecule has 2 saturated heterocycles. The zero-order valence-corrected chi connectivity index (χ0v) is 22.3. The third kappa shape index (κ3) is 6.99. The summed E-state index contributed by atoms with van der Waals surface area (Å²) >= 11 is 0. The van der Waals surface area contributed by atoms with E-state index in [2.05, 4.69) is 10.6 Å². The predicted octanol–water partition coefficient (Wildman–Crippen LogP) is 2.85. The van der Waals surface area contributed by atoms with Gasteiger partial charge in [0, 0.05) is 12.6 Å². The van der Waals surface area contributed by atoms with Crippen LogP contribution in [0.25, 0.3) is 0 Å². The number of carbonyl (C=O) groups is 3. The van der Waals surface area contributed by atoms with E-state index in [1.165, 1.54) is 0 Å². The van der Waals surface area contributed by atoms with Crippen molar-refractivity contribution in [1.29, 1.82) is 0 Å². The van der Waals surface area contributed by atoms with Gasteiger partial charge < -0.3 is 19.7 Å². The van der Waals surface area contributed by atoms with Gasteiger partial charge in [-0.1, -0.05) is 60.7 Å². The second-order valence-electron chi connectivity index (χ2n) is 10.1. The highest BCUT2D eigenvalue weighted by atomic mass is 16.5. The van der Waals surface area contributed by atoms with E-state index < -0.39 is 18.1 Å². The minimum Gasteiger partial charge on any atom is -0.465 e. The van der Waals surface area contributed by atoms with Gasteiger partial charge in [0.2, 0.25) is 5.91 Å². The maximum atomic E-state index is 13.9. The van der Waals surface area contributed by atoms with Gasteiger partial charge in [-0.3, -0.25) is 14.9 Å². The zero-order valence-electron chi connectivity index (χ0n) is 22.3. The van der Waals surface area contributed by atoms with Crippen molar-refractivity contribution in [2.45, 2.75) is 70.3 Å². The van der Waals surface area contributed by atoms with Crippen LogP contribution in [0.1, 0.15) is 44.2 Å². The van der Waals surface area contributed by atoms with Crippen molar-refractivity contribution in [2.24, 2.45) is 5.92 Å². The van der Waals surface area contributed by atoms with Crippen molar-refractivity contribution in [3.63, 3.8) is 0 Å². The van der Waals surface area contributed by atoms with E-state index in [1.54, 1.807) is 18.7 Å². The van der Waals surface area contributed by atoms with Crippen LogP contribution in [0.15, 0.2) is 60.7 Å². The first kappa shape index (κ1) is 27.8. The standard InChI is InChI=1S/C30H39N3O5/c1-3-37-29(35)25(15-14-22-10-6-4-7-11-22)32-21(2)28(34)33-26(18-24-16-17-31-19-27(24)33)30(36)38-20-23-12-8-5-9-13-23/h4-13,21,24-27,31-32H,3,14-20H2,1-2H3/t21-,24-,25-,26-,27+/m1/s1. The van der Waals surface area contributed by atoms with Crippen LogP contribution in [0.4, 0.5) is 0 Å². The number of aryl methyl sites for hydroxylation is 1. The Hall–Kier alpha value is -3.23. The van der Waals surface area contributed by atoms with E-state index in [4.69, 9.17) is 9.47 Å². The molecule has 2 heterocycles. The van der Waals surface area contributed by atoms with Gasteiger partial charge in [0.15, 0.2) is 0 Å². The summed E-state index contributed by atoms with van der Waals surface area (Å²) in [7, 11) is 0. The molecule has 0 radical (unpaired) electrons. The Kier molecular flexibility index (Phi) is 9.90. The number of benzene rings is 2. The second kappa shape index (κ2) is 13.5. The monoisotopic (exact) mass is 521 g/mol. The average molecular weight is 522 g/mol. The Morgan fingerprint density at radius 2 is 1.71 bits per heavy atom. The molecule has 38 heavy (non-hydrogen) atoms. The largest absolute Gasteiger partial charge is 0.465 e. The molecule has 2 aromatic rings. The minimum absolute atomic E-state index is 0.0832. The Labute approximate surface area is 225 Å². The number of nitrogens with one attached hydrogen (secondary N) is 2. The molecule has 204 valence electrons. The lowest BCUT2D eigenvalue weighted by molar-refractivity contribution is -0.156. The molecule has 8 nitrogen and oxygen atoms in total. The topological polar surface area (TPSA) is 97.0 Å². The van der Waals surface area contributed by atoms with E-state index in [0.717, 1.165) is 24.1 Å². The normalized spacial score (nSPS) is 22.3. The van der Waals surface area contributed by atoms with Crippen LogP contribution in [0.3, 0.4) is 0 Å². The summed E-state index contributed by atoms with van der Waals surface area (Å²) in [6.45, 7) is 5.47. The molecule has 0 unspecified atom stereocenters. The van der Waals surface area contributed by atoms with Crippen LogP contribution in [0.2, 0.25) is 0 Å². The van der Waals surface area contributed by atoms with Gasteiger partial charge >= 0.3 is 11.9 Å². The summed E-state index contributed by atoms with van der Waals surface area (Å²) in [6, 6.07) is 17.4. The SMILES string of the molecule is CCOC(=O)[C@@H](CCc1ccccc1)N[C@H](C)C(=O)N1[C@@H](C(=O)OCc2ccccc2)C[C@H]2CCNC[C@@H]21. The molecule has 0 bridgehead atoms. The predicted molar refractivity (Wildman–Crippen MR) is 144 cm³/mol. The third-order valence-corrected chi connectivity index (χ3v) is 7.52. The van der Waals surface area contributed by atoms with Gasteiger partial charge in [-0.15, -0.1) is 0 Å². The molecule has 2 aliphatic rings. The molecule has 4 rings (SSSR count). The van der Waals surface area contributed by atoms with Crippen molar-refractivity contribution in [3.05, 3.63) is 71.8 Å². The fraction of sp³-hybridized carbons (Fsp3) is 0.500. The summed E-state index contributed by atoms with van der Waals surface area (Å²) < 4.78 is 11.0. The molecule has 0 aliphatic carbocycles. The Balaban J connectivity index is 1.45. The number of hydrogen-bond acceptors (Lipinski definition) is 7. The molecule has 2 aliphatic heterocycles. The van der Waals surface area contributed by atoms with Gasteiger partial charge in [0.25, 0.3) is 0 Å². The summed E-state index contributed by atoms with van der Waals surface area (Å²) in [5.74, 6) is -0.715. The van der Waals surface area contributed by atoms with Crippen molar-refractivity contribution >= 4 is 17.8 Å². The summed E-state index contributed by atoms with van der Waals surface area (Å²) in [6.07, 6.45) is 2.66. The van der Waals surface area contributed by atoms with Gasteiger partial charge in [0.1, 0.15) is 18.7 Å². The van der Waals surface area contributed by atoms with Crippen molar-refractivity contribution < 1.29 is 23.9 Å². The Bertz CT molecular complexity index is 1060. The average Bonchev–Trinajstić information content (AvgIpc) is 3.34. The number of carbonyl (C=O) groups excluding carboxylic acids is 3. The molecule has 2 aromatic carbocycles. The number of nitrogens with zero attached hydrogens (tertiary/aromatic N) is 1. The summed E-state index contributed by atoms with van der Waals surface area (Å²) in [5, 5.41) is 6.59. The van der Waals surface area contributed by atoms with Crippen molar-refractivity contribution in [1.82, 2.24) is 15.5 Å². The molecular formula is C30H39N3O5.